The summed E-state index contributed by atoms with van der Waals surface area (Å²) in [5.41, 5.74) is 3.29. The minimum atomic E-state index is -0.391. The van der Waals surface area contributed by atoms with Crippen molar-refractivity contribution in [3.63, 3.8) is 0 Å². The fourth-order valence-corrected chi connectivity index (χ4v) is 4.46. The molecule has 1 amide bonds. The normalized spacial score (nSPS) is 13.1. The van der Waals surface area contributed by atoms with Crippen molar-refractivity contribution in [1.29, 1.82) is 0 Å². The van der Waals surface area contributed by atoms with Crippen LogP contribution in [0.1, 0.15) is 57.6 Å². The molecule has 0 aromatic heterocycles. The minimum Gasteiger partial charge on any atom is -0.497 e. The molecule has 0 aliphatic carbocycles. The van der Waals surface area contributed by atoms with Crippen LogP contribution in [0.15, 0.2) is 36.4 Å². The van der Waals surface area contributed by atoms with Crippen molar-refractivity contribution >= 4 is 5.91 Å². The number of carbonyl (C=O) groups excluding carboxylic acids is 1. The number of benzene rings is 2. The van der Waals surface area contributed by atoms with E-state index in [9.17, 15) is 4.79 Å². The first-order chi connectivity index (χ1) is 15.6. The van der Waals surface area contributed by atoms with Gasteiger partial charge in [-0.05, 0) is 65.5 Å². The molecular weight excluding hydrogens is 422 g/mol. The summed E-state index contributed by atoms with van der Waals surface area (Å²) in [5.74, 6) is 2.51. The number of amides is 1. The Morgan fingerprint density at radius 3 is 1.61 bits per heavy atom. The van der Waals surface area contributed by atoms with Gasteiger partial charge in [-0.25, -0.2) is 5.48 Å². The molecule has 7 nitrogen and oxygen atoms in total. The van der Waals surface area contributed by atoms with Crippen molar-refractivity contribution in [1.82, 2.24) is 5.48 Å². The van der Waals surface area contributed by atoms with Gasteiger partial charge in [0.2, 0.25) is 5.91 Å². The number of methoxy groups -OCH3 is 4. The summed E-state index contributed by atoms with van der Waals surface area (Å²) in [6.07, 6.45) is 2.34. The summed E-state index contributed by atoms with van der Waals surface area (Å²) < 4.78 is 22.0. The predicted molar refractivity (Wildman–Crippen MR) is 128 cm³/mol. The molecule has 182 valence electrons. The largest absolute Gasteiger partial charge is 0.497 e. The highest BCUT2D eigenvalue weighted by Crippen LogP contribution is 2.45. The zero-order valence-electron chi connectivity index (χ0n) is 20.8. The fraction of sp³-hybridized carbons (Fsp3) is 0.500. The van der Waals surface area contributed by atoms with Crippen LogP contribution in [-0.4, -0.2) is 39.6 Å². The van der Waals surface area contributed by atoms with E-state index in [2.05, 4.69) is 20.8 Å². The minimum absolute atomic E-state index is 0.237. The van der Waals surface area contributed by atoms with Gasteiger partial charge in [0.1, 0.15) is 23.0 Å². The van der Waals surface area contributed by atoms with E-state index in [4.69, 9.17) is 24.2 Å². The average Bonchev–Trinajstić information content (AvgIpc) is 2.82. The van der Waals surface area contributed by atoms with Gasteiger partial charge in [-0.3, -0.25) is 10.0 Å². The highest BCUT2D eigenvalue weighted by atomic mass is 16.5. The molecule has 0 fully saturated rings. The molecule has 0 saturated carbocycles. The zero-order valence-corrected chi connectivity index (χ0v) is 20.8. The molecule has 1 atom stereocenters. The average molecular weight is 460 g/mol. The second-order valence-corrected chi connectivity index (χ2v) is 9.21. The number of hydrogen-bond acceptors (Lipinski definition) is 6. The third-order valence-electron chi connectivity index (χ3n) is 6.27. The molecule has 2 rings (SSSR count). The van der Waals surface area contributed by atoms with Crippen LogP contribution in [0.4, 0.5) is 0 Å². The first-order valence-electron chi connectivity index (χ1n) is 11.0. The lowest BCUT2D eigenvalue weighted by Gasteiger charge is -2.39. The standard InChI is InChI=1S/C26H37NO6/c1-25(2,18-11-20(30-4)15-21(12-18)31-5)17-26(3,10-8-9-24(28)27-29)19-13-22(32-6)16-23(14-19)33-7/h11-16,29H,8-10,17H2,1-7H3,(H,27,28). The van der Waals surface area contributed by atoms with E-state index in [1.165, 1.54) is 0 Å². The fourth-order valence-electron chi connectivity index (χ4n) is 4.46. The Morgan fingerprint density at radius 2 is 1.21 bits per heavy atom. The molecule has 0 radical (unpaired) electrons. The van der Waals surface area contributed by atoms with Gasteiger partial charge in [-0.15, -0.1) is 0 Å². The Hall–Kier alpha value is -2.93. The number of hydroxylamine groups is 1. The topological polar surface area (TPSA) is 86.3 Å². The van der Waals surface area contributed by atoms with Crippen molar-refractivity contribution in [3.8, 4) is 23.0 Å². The number of carbonyl (C=O) groups is 1. The van der Waals surface area contributed by atoms with Gasteiger partial charge in [-0.1, -0.05) is 20.8 Å². The van der Waals surface area contributed by atoms with E-state index < -0.39 is 5.91 Å². The van der Waals surface area contributed by atoms with Crippen molar-refractivity contribution in [2.45, 2.75) is 57.3 Å². The zero-order chi connectivity index (χ0) is 24.6. The lowest BCUT2D eigenvalue weighted by molar-refractivity contribution is -0.129. The van der Waals surface area contributed by atoms with Crippen molar-refractivity contribution < 1.29 is 28.9 Å². The van der Waals surface area contributed by atoms with Crippen molar-refractivity contribution in [2.24, 2.45) is 0 Å². The SMILES string of the molecule is COc1cc(OC)cc(C(C)(C)CC(C)(CCCC(=O)NO)c2cc(OC)cc(OC)c2)c1. The molecule has 2 aromatic rings. The van der Waals surface area contributed by atoms with E-state index in [1.807, 2.05) is 36.4 Å². The summed E-state index contributed by atoms with van der Waals surface area (Å²) in [6, 6.07) is 11.8. The summed E-state index contributed by atoms with van der Waals surface area (Å²) >= 11 is 0. The van der Waals surface area contributed by atoms with Crippen LogP contribution >= 0.6 is 0 Å². The molecule has 7 heteroatoms. The second-order valence-electron chi connectivity index (χ2n) is 9.21. The molecular formula is C26H37NO6. The second kappa shape index (κ2) is 11.3. The molecule has 1 unspecified atom stereocenters. The van der Waals surface area contributed by atoms with Crippen molar-refractivity contribution in [3.05, 3.63) is 47.5 Å². The Labute approximate surface area is 197 Å². The summed E-state index contributed by atoms with van der Waals surface area (Å²) in [7, 11) is 6.55. The molecule has 0 aliphatic heterocycles. The van der Waals surface area contributed by atoms with Gasteiger partial charge in [0.25, 0.3) is 0 Å². The van der Waals surface area contributed by atoms with Crippen LogP contribution in [0.5, 0.6) is 23.0 Å². The molecule has 0 heterocycles. The maximum Gasteiger partial charge on any atom is 0.243 e. The summed E-state index contributed by atoms with van der Waals surface area (Å²) in [4.78, 5) is 11.7. The van der Waals surface area contributed by atoms with Crippen molar-refractivity contribution in [2.75, 3.05) is 28.4 Å². The number of rotatable bonds is 12. The van der Waals surface area contributed by atoms with Crippen LogP contribution in [0.25, 0.3) is 0 Å². The lowest BCUT2D eigenvalue weighted by atomic mass is 9.65. The van der Waals surface area contributed by atoms with E-state index in [0.717, 1.165) is 35.5 Å². The molecule has 2 aromatic carbocycles. The Kier molecular flexibility index (Phi) is 8.99. The van der Waals surface area contributed by atoms with Crippen LogP contribution in [0, 0.1) is 0 Å². The number of nitrogens with one attached hydrogen (secondary N) is 1. The summed E-state index contributed by atoms with van der Waals surface area (Å²) in [5, 5.41) is 8.90. The Balaban J connectivity index is 2.50. The molecule has 0 spiro atoms. The van der Waals surface area contributed by atoms with Crippen LogP contribution in [0.3, 0.4) is 0 Å². The van der Waals surface area contributed by atoms with E-state index in [0.29, 0.717) is 17.9 Å². The third-order valence-corrected chi connectivity index (χ3v) is 6.27. The monoisotopic (exact) mass is 459 g/mol. The number of ether oxygens (including phenoxy) is 4. The first kappa shape index (κ1) is 26.3. The maximum atomic E-state index is 11.7. The highest BCUT2D eigenvalue weighted by Gasteiger charge is 2.36. The van der Waals surface area contributed by atoms with Gasteiger partial charge in [0.15, 0.2) is 0 Å². The van der Waals surface area contributed by atoms with Gasteiger partial charge in [0.05, 0.1) is 28.4 Å². The molecule has 0 aliphatic rings. The van der Waals surface area contributed by atoms with Crippen LogP contribution < -0.4 is 24.4 Å². The van der Waals surface area contributed by atoms with Gasteiger partial charge >= 0.3 is 0 Å². The Morgan fingerprint density at radius 1 is 0.788 bits per heavy atom. The van der Waals surface area contributed by atoms with E-state index in [1.54, 1.807) is 33.9 Å². The van der Waals surface area contributed by atoms with Gasteiger partial charge in [-0.2, -0.15) is 0 Å². The molecule has 2 N–H and O–H groups in total. The molecule has 33 heavy (non-hydrogen) atoms. The Bertz CT molecular complexity index is 898. The number of hydrogen-bond donors (Lipinski definition) is 2. The van der Waals surface area contributed by atoms with Crippen LogP contribution in [0.2, 0.25) is 0 Å². The van der Waals surface area contributed by atoms with Gasteiger partial charge in [0, 0.05) is 18.6 Å². The van der Waals surface area contributed by atoms with Gasteiger partial charge < -0.3 is 18.9 Å². The smallest absolute Gasteiger partial charge is 0.243 e. The van der Waals surface area contributed by atoms with E-state index >= 15 is 0 Å². The quantitative estimate of drug-likeness (QED) is 0.342. The molecule has 0 saturated heterocycles. The summed E-state index contributed by atoms with van der Waals surface area (Å²) in [6.45, 7) is 6.58. The predicted octanol–water partition coefficient (Wildman–Crippen LogP) is 5.02. The third kappa shape index (κ3) is 6.78. The molecule has 0 bridgehead atoms. The maximum absolute atomic E-state index is 11.7. The lowest BCUT2D eigenvalue weighted by Crippen LogP contribution is -2.33. The first-order valence-corrected chi connectivity index (χ1v) is 11.0. The van der Waals surface area contributed by atoms with E-state index in [-0.39, 0.29) is 17.3 Å². The van der Waals surface area contributed by atoms with Crippen LogP contribution in [-0.2, 0) is 15.6 Å². The highest BCUT2D eigenvalue weighted by molar-refractivity contribution is 5.74.